The van der Waals surface area contributed by atoms with Gasteiger partial charge in [-0.3, -0.25) is 19.2 Å². The van der Waals surface area contributed by atoms with Gasteiger partial charge in [0.05, 0.1) is 36.6 Å². The van der Waals surface area contributed by atoms with Crippen LogP contribution in [0.2, 0.25) is 0 Å². The van der Waals surface area contributed by atoms with Crippen molar-refractivity contribution in [3.8, 4) is 0 Å². The Bertz CT molecular complexity index is 1890. The summed E-state index contributed by atoms with van der Waals surface area (Å²) in [5.74, 6) is -3.69. The van der Waals surface area contributed by atoms with Gasteiger partial charge in [-0.25, -0.2) is 0 Å². The van der Waals surface area contributed by atoms with E-state index in [0.29, 0.717) is 30.5 Å². The summed E-state index contributed by atoms with van der Waals surface area (Å²) in [6, 6.07) is 23.9. The standard InChI is InChI=1S/C46H56N4O7/c1-6-10-21-38(52)47-31(5)41(33-19-15-12-16-20-33)56-45(55)39-37-26-27-46(57-37)40(39)43(53)50(36(30-51)29-32-17-13-11-14-18-32)42(46)44(54)49(28-7-2)35-24-22-34(23-25-35)48(8-3)9-4/h6-7,11-20,22-25,31,36-37,39-42,51H,1-2,8-10,21,26-30H2,3-5H3,(H,47,52)/t31-,36+,37+,39-,40-,41-,42+,46-/m0/s1. The fraction of sp³-hybridized carbons (Fsp3) is 0.435. The first-order valence-electron chi connectivity index (χ1n) is 20.2. The third kappa shape index (κ3) is 8.27. The Morgan fingerprint density at radius 1 is 0.982 bits per heavy atom. The maximum absolute atomic E-state index is 15.3. The van der Waals surface area contributed by atoms with Gasteiger partial charge >= 0.3 is 5.97 Å². The first-order valence-corrected chi connectivity index (χ1v) is 20.2. The van der Waals surface area contributed by atoms with E-state index in [0.717, 1.165) is 24.3 Å². The Balaban J connectivity index is 1.37. The minimum atomic E-state index is -1.35. The number of fused-ring (bicyclic) bond motifs is 1. The lowest BCUT2D eigenvalue weighted by molar-refractivity contribution is -0.162. The highest BCUT2D eigenvalue weighted by molar-refractivity contribution is 6.05. The molecule has 57 heavy (non-hydrogen) atoms. The van der Waals surface area contributed by atoms with E-state index in [4.69, 9.17) is 9.47 Å². The molecule has 3 aromatic rings. The van der Waals surface area contributed by atoms with Gasteiger partial charge in [-0.1, -0.05) is 72.8 Å². The van der Waals surface area contributed by atoms with Gasteiger partial charge in [0.15, 0.2) is 0 Å². The molecule has 0 unspecified atom stereocenters. The Morgan fingerprint density at radius 3 is 2.25 bits per heavy atom. The first kappa shape index (κ1) is 41.4. The third-order valence-electron chi connectivity index (χ3n) is 11.8. The molecular formula is C46H56N4O7. The van der Waals surface area contributed by atoms with E-state index in [1.54, 1.807) is 24.0 Å². The van der Waals surface area contributed by atoms with Crippen molar-refractivity contribution in [2.75, 3.05) is 36.0 Å². The van der Waals surface area contributed by atoms with Crippen LogP contribution >= 0.6 is 0 Å². The molecule has 0 saturated carbocycles. The monoisotopic (exact) mass is 776 g/mol. The molecule has 2 N–H and O–H groups in total. The van der Waals surface area contributed by atoms with E-state index in [1.165, 1.54) is 4.90 Å². The van der Waals surface area contributed by atoms with Gasteiger partial charge in [-0.15, -0.1) is 13.2 Å². The quantitative estimate of drug-likeness (QED) is 0.116. The van der Waals surface area contributed by atoms with Crippen molar-refractivity contribution in [3.05, 3.63) is 121 Å². The highest BCUT2D eigenvalue weighted by Crippen LogP contribution is 2.59. The highest BCUT2D eigenvalue weighted by Gasteiger charge is 2.75. The van der Waals surface area contributed by atoms with Crippen molar-refractivity contribution in [1.82, 2.24) is 10.2 Å². The average Bonchev–Trinajstić information content (AvgIpc) is 3.88. The number of nitrogens with zero attached hydrogens (tertiary/aromatic N) is 3. The Labute approximate surface area is 336 Å². The number of ether oxygens (including phenoxy) is 2. The number of aliphatic hydroxyl groups is 1. The van der Waals surface area contributed by atoms with E-state index in [9.17, 15) is 14.7 Å². The van der Waals surface area contributed by atoms with E-state index >= 15 is 9.59 Å². The van der Waals surface area contributed by atoms with Crippen molar-refractivity contribution in [1.29, 1.82) is 0 Å². The first-order chi connectivity index (χ1) is 27.6. The van der Waals surface area contributed by atoms with Gasteiger partial charge in [0.25, 0.3) is 5.91 Å². The summed E-state index contributed by atoms with van der Waals surface area (Å²) in [6.45, 7) is 15.0. The fourth-order valence-electron chi connectivity index (χ4n) is 9.14. The molecule has 2 bridgehead atoms. The number of aliphatic hydroxyl groups excluding tert-OH is 1. The molecule has 3 aliphatic heterocycles. The van der Waals surface area contributed by atoms with Crippen molar-refractivity contribution < 1.29 is 33.8 Å². The predicted molar refractivity (Wildman–Crippen MR) is 220 cm³/mol. The van der Waals surface area contributed by atoms with Gasteiger partial charge < -0.3 is 34.6 Å². The van der Waals surface area contributed by atoms with Crippen LogP contribution in [0.15, 0.2) is 110 Å². The van der Waals surface area contributed by atoms with Crippen molar-refractivity contribution in [3.63, 3.8) is 0 Å². The minimum absolute atomic E-state index is 0.162. The van der Waals surface area contributed by atoms with Gasteiger partial charge in [-0.05, 0) is 81.8 Å². The molecule has 302 valence electrons. The maximum Gasteiger partial charge on any atom is 0.313 e. The summed E-state index contributed by atoms with van der Waals surface area (Å²) in [4.78, 5) is 63.1. The lowest BCUT2D eigenvalue weighted by Crippen LogP contribution is -2.59. The number of benzene rings is 3. The zero-order valence-electron chi connectivity index (χ0n) is 33.3. The van der Waals surface area contributed by atoms with Crippen LogP contribution in [0, 0.1) is 11.8 Å². The van der Waals surface area contributed by atoms with Crippen molar-refractivity contribution in [2.45, 2.75) is 88.8 Å². The number of carbonyl (C=O) groups excluding carboxylic acids is 4. The molecule has 1 spiro atoms. The zero-order valence-corrected chi connectivity index (χ0v) is 33.3. The van der Waals surface area contributed by atoms with Gasteiger partial charge in [0, 0.05) is 37.4 Å². The molecule has 3 aliphatic rings. The number of likely N-dealkylation sites (tertiary alicyclic amines) is 1. The minimum Gasteiger partial charge on any atom is -0.455 e. The number of allylic oxidation sites excluding steroid dienone is 1. The average molecular weight is 777 g/mol. The van der Waals surface area contributed by atoms with Crippen LogP contribution in [0.1, 0.15) is 63.7 Å². The van der Waals surface area contributed by atoms with Gasteiger partial charge in [0.2, 0.25) is 11.8 Å². The van der Waals surface area contributed by atoms with Crippen molar-refractivity contribution >= 4 is 35.1 Å². The highest BCUT2D eigenvalue weighted by atomic mass is 16.6. The van der Waals surface area contributed by atoms with Crippen LogP contribution in [0.4, 0.5) is 11.4 Å². The molecule has 11 heteroatoms. The molecule has 0 radical (unpaired) electrons. The Hall–Kier alpha value is -5.26. The van der Waals surface area contributed by atoms with Crippen LogP contribution in [0.5, 0.6) is 0 Å². The largest absolute Gasteiger partial charge is 0.455 e. The molecule has 3 fully saturated rings. The zero-order chi connectivity index (χ0) is 40.7. The Kier molecular flexibility index (Phi) is 13.3. The summed E-state index contributed by atoms with van der Waals surface area (Å²) in [5, 5.41) is 13.9. The second kappa shape index (κ2) is 18.3. The van der Waals surface area contributed by atoms with E-state index in [2.05, 4.69) is 37.2 Å². The number of amides is 3. The normalized spacial score (nSPS) is 23.6. The second-order valence-electron chi connectivity index (χ2n) is 15.2. The van der Waals surface area contributed by atoms with Crippen LogP contribution in [-0.4, -0.2) is 89.8 Å². The Morgan fingerprint density at radius 2 is 1.63 bits per heavy atom. The number of hydrogen-bond donors (Lipinski definition) is 2. The van der Waals surface area contributed by atoms with Crippen molar-refractivity contribution in [2.24, 2.45) is 11.8 Å². The topological polar surface area (TPSA) is 129 Å². The van der Waals surface area contributed by atoms with Gasteiger partial charge in [-0.2, -0.15) is 0 Å². The smallest absolute Gasteiger partial charge is 0.313 e. The van der Waals surface area contributed by atoms with Gasteiger partial charge in [0.1, 0.15) is 17.7 Å². The molecule has 3 heterocycles. The number of anilines is 2. The summed E-state index contributed by atoms with van der Waals surface area (Å²) >= 11 is 0. The number of carbonyl (C=O) groups is 4. The summed E-state index contributed by atoms with van der Waals surface area (Å²) in [7, 11) is 0. The number of hydrogen-bond acceptors (Lipinski definition) is 8. The predicted octanol–water partition coefficient (Wildman–Crippen LogP) is 5.79. The third-order valence-corrected chi connectivity index (χ3v) is 11.8. The molecule has 0 aliphatic carbocycles. The lowest BCUT2D eigenvalue weighted by atomic mass is 9.70. The number of rotatable bonds is 19. The van der Waals surface area contributed by atoms with Crippen LogP contribution in [-0.2, 0) is 35.1 Å². The van der Waals surface area contributed by atoms with Crippen LogP contribution in [0.25, 0.3) is 0 Å². The fourth-order valence-corrected chi connectivity index (χ4v) is 9.14. The number of esters is 1. The lowest BCUT2D eigenvalue weighted by Gasteiger charge is -2.39. The number of nitrogens with one attached hydrogen (secondary N) is 1. The summed E-state index contributed by atoms with van der Waals surface area (Å²) in [5.41, 5.74) is 1.87. The van der Waals surface area contributed by atoms with E-state index < -0.39 is 66.3 Å². The molecule has 3 amide bonds. The summed E-state index contributed by atoms with van der Waals surface area (Å²) in [6.07, 6.45) is 3.62. The van der Waals surface area contributed by atoms with Crippen LogP contribution < -0.4 is 15.1 Å². The molecule has 8 atom stereocenters. The molecule has 3 aromatic carbocycles. The van der Waals surface area contributed by atoms with E-state index in [1.807, 2.05) is 84.9 Å². The molecule has 0 aromatic heterocycles. The molecule has 3 saturated heterocycles. The molecule has 6 rings (SSSR count). The van der Waals surface area contributed by atoms with E-state index in [-0.39, 0.29) is 31.2 Å². The second-order valence-corrected chi connectivity index (χ2v) is 15.2. The maximum atomic E-state index is 15.3. The summed E-state index contributed by atoms with van der Waals surface area (Å²) < 4.78 is 13.1. The molecular weight excluding hydrogens is 721 g/mol. The molecule has 11 nitrogen and oxygen atoms in total. The SMILES string of the molecule is C=CCCC(=O)N[C@@H](C)[C@H](OC(=O)[C@@H]1[C@H]2C(=O)N([C@@H](CO)Cc3ccccc3)[C@H](C(=O)N(CC=C)c3ccc(N(CC)CC)cc3)[C@]23CC[C@H]1O3)c1ccccc1. The van der Waals surface area contributed by atoms with Crippen LogP contribution in [0.3, 0.4) is 0 Å².